The molecule has 4 aliphatic heterocycles. The van der Waals surface area contributed by atoms with Crippen molar-refractivity contribution in [2.24, 2.45) is 0 Å². The number of phenols is 2. The Morgan fingerprint density at radius 3 is 1.37 bits per heavy atom. The van der Waals surface area contributed by atoms with Crippen molar-refractivity contribution in [3.8, 4) is 34.5 Å². The molecule has 8 amide bonds. The minimum atomic E-state index is -0.892. The quantitative estimate of drug-likeness (QED) is 0.0683. The number of halogens is 2. The first-order chi connectivity index (χ1) is 44.5. The Morgan fingerprint density at radius 1 is 0.548 bits per heavy atom. The van der Waals surface area contributed by atoms with Crippen LogP contribution in [0.4, 0.5) is 21.0 Å². The number of rotatable bonds is 18. The number of carbonyl (C=O) groups is 6. The van der Waals surface area contributed by atoms with Crippen LogP contribution in [0.15, 0.2) is 115 Å². The Labute approximate surface area is 551 Å². The first-order valence-corrected chi connectivity index (χ1v) is 30.8. The van der Waals surface area contributed by atoms with Crippen molar-refractivity contribution in [1.82, 2.24) is 50.3 Å². The number of para-hydroxylation sites is 3. The number of piperazine rings is 2. The smallest absolute Gasteiger partial charge is 0.334 e. The molecule has 4 aliphatic rings. The molecule has 24 nitrogen and oxygen atoms in total. The van der Waals surface area contributed by atoms with Crippen molar-refractivity contribution in [2.75, 3.05) is 107 Å². The zero-order chi connectivity index (χ0) is 67.1. The van der Waals surface area contributed by atoms with E-state index >= 15 is 0 Å². The summed E-state index contributed by atoms with van der Waals surface area (Å²) in [6, 6.07) is 30.6. The maximum Gasteiger partial charge on any atom is 0.334 e. The zero-order valence-corrected chi connectivity index (χ0v) is 55.6. The largest absolute Gasteiger partial charge is 0.508 e. The number of methoxy groups -OCH3 is 4. The number of benzene rings is 6. The summed E-state index contributed by atoms with van der Waals surface area (Å²) in [5.74, 6) is 1.29. The van der Waals surface area contributed by atoms with Crippen molar-refractivity contribution < 1.29 is 57.9 Å². The number of hydrazine groups is 2. The monoisotopic (exact) mass is 1310 g/mol. The molecule has 0 aliphatic carbocycles. The van der Waals surface area contributed by atoms with Gasteiger partial charge in [-0.1, -0.05) is 83.9 Å². The fraction of sp³-hybridized carbons (Fsp3) is 0.373. The predicted molar refractivity (Wildman–Crippen MR) is 352 cm³/mol. The van der Waals surface area contributed by atoms with Gasteiger partial charge in [-0.25, -0.2) is 29.6 Å². The number of likely N-dealkylation sites (N-methyl/N-ethyl adjacent to an activating group) is 2. The summed E-state index contributed by atoms with van der Waals surface area (Å²) in [4.78, 5) is 94.2. The van der Waals surface area contributed by atoms with Gasteiger partial charge in [-0.05, 0) is 89.3 Å². The molecule has 26 heteroatoms. The minimum Gasteiger partial charge on any atom is -0.508 e. The lowest BCUT2D eigenvalue weighted by molar-refractivity contribution is -0.187. The van der Waals surface area contributed by atoms with Crippen molar-refractivity contribution in [3.63, 3.8) is 0 Å². The number of nitrogens with zero attached hydrogens (tertiary/aromatic N) is 10. The van der Waals surface area contributed by atoms with E-state index in [0.717, 1.165) is 39.2 Å². The normalized spacial score (nSPS) is 18.3. The van der Waals surface area contributed by atoms with Crippen molar-refractivity contribution in [3.05, 3.63) is 164 Å². The summed E-state index contributed by atoms with van der Waals surface area (Å²) in [6.45, 7) is 2.66. The van der Waals surface area contributed by atoms with E-state index in [1.54, 1.807) is 115 Å². The van der Waals surface area contributed by atoms with Gasteiger partial charge in [0.25, 0.3) is 0 Å². The van der Waals surface area contributed by atoms with E-state index in [2.05, 4.69) is 10.6 Å². The number of phenolic OH excluding ortho intramolecular Hbond substituents is 2. The molecule has 0 unspecified atom stereocenters. The van der Waals surface area contributed by atoms with Crippen LogP contribution in [0.3, 0.4) is 0 Å². The van der Waals surface area contributed by atoms with Crippen molar-refractivity contribution in [1.29, 1.82) is 0 Å². The van der Waals surface area contributed by atoms with Crippen LogP contribution in [0.5, 0.6) is 34.5 Å². The number of aryl methyl sites for hydroxylation is 1. The third kappa shape index (κ3) is 14.8. The molecule has 494 valence electrons. The number of aromatic hydroxyl groups is 2. The SMILES string of the molecule is COc1cccc(CNC(=O)N2[C@H]3CN(Cc4cc(Cl)cc(C)c4N(C)C)C(=O)[C@H](Cc4ccc(O)cc4)N3C(=O)CN2C)c1OC.COc1cccc(CNC(=O)N2[C@H]3CN(Cc4cccc(Cl)c4N(C)C)C(=O)[C@H](Cc4ccc(O)cc4)N3C(=O)CN2C)c1OC. The summed E-state index contributed by atoms with van der Waals surface area (Å²) in [5, 5.41) is 32.9. The van der Waals surface area contributed by atoms with Crippen LogP contribution in [0, 0.1) is 6.92 Å². The number of ether oxygens (including phenoxy) is 4. The summed E-state index contributed by atoms with van der Waals surface area (Å²) in [5.41, 5.74) is 7.33. The highest BCUT2D eigenvalue weighted by Crippen LogP contribution is 2.37. The molecule has 0 bridgehead atoms. The maximum absolute atomic E-state index is 14.3. The van der Waals surface area contributed by atoms with Gasteiger partial charge in [-0.3, -0.25) is 19.2 Å². The number of hydrogen-bond donors (Lipinski definition) is 4. The number of anilines is 2. The van der Waals surface area contributed by atoms with E-state index in [4.69, 9.17) is 42.1 Å². The van der Waals surface area contributed by atoms with Crippen LogP contribution in [-0.2, 0) is 58.2 Å². The number of hydrogen-bond acceptors (Lipinski definition) is 16. The minimum absolute atomic E-state index is 0.0787. The number of amides is 8. The molecule has 0 spiro atoms. The molecule has 6 aromatic carbocycles. The summed E-state index contributed by atoms with van der Waals surface area (Å²) < 4.78 is 21.9. The topological polar surface area (TPSA) is 236 Å². The third-order valence-electron chi connectivity index (χ3n) is 16.9. The Hall–Kier alpha value is -9.36. The fourth-order valence-electron chi connectivity index (χ4n) is 12.9. The Kier molecular flexibility index (Phi) is 21.6. The van der Waals surface area contributed by atoms with Crippen LogP contribution in [0.2, 0.25) is 10.0 Å². The molecule has 4 heterocycles. The van der Waals surface area contributed by atoms with Gasteiger partial charge in [0, 0.05) is 103 Å². The molecule has 4 saturated heterocycles. The molecule has 6 aromatic rings. The molecule has 0 aromatic heterocycles. The number of fused-ring (bicyclic) bond motifs is 2. The van der Waals surface area contributed by atoms with Gasteiger partial charge in [0.05, 0.1) is 65.3 Å². The number of carbonyl (C=O) groups excluding carboxylic acids is 6. The molecule has 0 saturated carbocycles. The average molecular weight is 1320 g/mol. The maximum atomic E-state index is 14.3. The highest BCUT2D eigenvalue weighted by Gasteiger charge is 2.53. The predicted octanol–water partition coefficient (Wildman–Crippen LogP) is 6.93. The molecular formula is C67H80Cl2N12O12. The molecule has 93 heavy (non-hydrogen) atoms. The Balaban J connectivity index is 0.000000219. The van der Waals surface area contributed by atoms with Crippen LogP contribution < -0.4 is 39.4 Å². The van der Waals surface area contributed by atoms with Gasteiger partial charge in [0.2, 0.25) is 23.6 Å². The van der Waals surface area contributed by atoms with Crippen LogP contribution in [0.25, 0.3) is 0 Å². The number of nitrogens with one attached hydrogen (secondary N) is 2. The van der Waals surface area contributed by atoms with Gasteiger partial charge < -0.3 is 69.2 Å². The zero-order valence-electron chi connectivity index (χ0n) is 54.1. The van der Waals surface area contributed by atoms with E-state index < -0.39 is 36.5 Å². The molecule has 4 atom stereocenters. The standard InChI is InChI=1S/C34H41ClN6O6.C33H39ClN6O6/c1-21-14-25(35)16-24(31(21)37(2)3)18-39-19-29-40(27(33(39)44)15-22-10-12-26(42)13-11-22)30(43)20-38(4)41(29)34(45)36-17-23-8-7-9-28(46-5)32(23)47-6;1-36(2)30-23(9-6-10-25(30)34)18-38-19-28-39(26(32(38)43)16-21-12-14-24(41)15-13-21)29(42)20-37(3)40(28)33(44)35-17-22-8-7-11-27(45-4)31(22)46-5/h7-14,16,27,29,42H,15,17-20H2,1-6H3,(H,36,45);6-15,26,28,41H,16-20H2,1-5H3,(H,35,44)/t27-,29-;26-,28-/m00/s1. The second kappa shape index (κ2) is 29.5. The number of urea groups is 2. The van der Waals surface area contributed by atoms with Gasteiger partial charge >= 0.3 is 12.1 Å². The molecule has 4 N–H and O–H groups in total. The van der Waals surface area contributed by atoms with Gasteiger partial charge in [0.15, 0.2) is 23.0 Å². The van der Waals surface area contributed by atoms with Gasteiger partial charge in [0.1, 0.15) is 35.9 Å². The molecular weight excluding hydrogens is 1240 g/mol. The fourth-order valence-corrected chi connectivity index (χ4v) is 13.5. The summed E-state index contributed by atoms with van der Waals surface area (Å²) in [7, 11) is 17.2. The first kappa shape index (κ1) is 68.0. The van der Waals surface area contributed by atoms with Crippen molar-refractivity contribution >= 4 is 70.3 Å². The lowest BCUT2D eigenvalue weighted by Gasteiger charge is -2.54. The molecule has 0 radical (unpaired) electrons. The highest BCUT2D eigenvalue weighted by molar-refractivity contribution is 6.33. The van der Waals surface area contributed by atoms with E-state index in [0.29, 0.717) is 44.2 Å². The van der Waals surface area contributed by atoms with Gasteiger partial charge in [-0.15, -0.1) is 0 Å². The lowest BCUT2D eigenvalue weighted by atomic mass is 9.97. The molecule has 4 fully saturated rings. The summed E-state index contributed by atoms with van der Waals surface area (Å²) >= 11 is 13.1. The third-order valence-corrected chi connectivity index (χ3v) is 17.4. The van der Waals surface area contributed by atoms with E-state index in [1.165, 1.54) is 34.0 Å². The van der Waals surface area contributed by atoms with Gasteiger partial charge in [-0.2, -0.15) is 0 Å². The van der Waals surface area contributed by atoms with Crippen LogP contribution in [0.1, 0.15) is 38.9 Å². The first-order valence-electron chi connectivity index (χ1n) is 30.1. The van der Waals surface area contributed by atoms with Crippen LogP contribution >= 0.6 is 23.2 Å². The second-order valence-electron chi connectivity index (χ2n) is 23.5. The molecule has 10 rings (SSSR count). The van der Waals surface area contributed by atoms with E-state index in [1.807, 2.05) is 93.4 Å². The average Bonchev–Trinajstić information content (AvgIpc) is 0.756. The van der Waals surface area contributed by atoms with Crippen molar-refractivity contribution in [2.45, 2.75) is 70.4 Å². The summed E-state index contributed by atoms with van der Waals surface area (Å²) in [6.07, 6.45) is -1.18. The van der Waals surface area contributed by atoms with E-state index in [9.17, 15) is 39.0 Å². The lowest BCUT2D eigenvalue weighted by Crippen LogP contribution is -2.76. The second-order valence-corrected chi connectivity index (χ2v) is 24.3. The Morgan fingerprint density at radius 2 is 0.957 bits per heavy atom. The highest BCUT2D eigenvalue weighted by atomic mass is 35.5. The Bertz CT molecular complexity index is 3730. The van der Waals surface area contributed by atoms with E-state index in [-0.39, 0.29) is 100 Å². The van der Waals surface area contributed by atoms with Crippen LogP contribution in [-0.4, -0.2) is 207 Å².